The first kappa shape index (κ1) is 14.3. The van der Waals surface area contributed by atoms with Crippen molar-refractivity contribution < 1.29 is 14.7 Å². The second kappa shape index (κ2) is 6.24. The number of rotatable bonds is 6. The normalized spacial score (nSPS) is 15.6. The average Bonchev–Trinajstić information content (AvgIpc) is 3.10. The van der Waals surface area contributed by atoms with Crippen molar-refractivity contribution in [1.82, 2.24) is 9.80 Å². The number of carbonyl (C=O) groups is 2. The summed E-state index contributed by atoms with van der Waals surface area (Å²) in [5.41, 5.74) is 0. The van der Waals surface area contributed by atoms with Crippen molar-refractivity contribution in [1.29, 1.82) is 5.26 Å². The number of carboxylic acid groups (broad SMARTS) is 1. The molecule has 1 atom stereocenters. The minimum atomic E-state index is -1.01. The van der Waals surface area contributed by atoms with Crippen LogP contribution in [0.2, 0.25) is 0 Å². The summed E-state index contributed by atoms with van der Waals surface area (Å²) >= 11 is 0. The predicted molar refractivity (Wildman–Crippen MR) is 64.7 cm³/mol. The number of hydrogen-bond acceptors (Lipinski definition) is 3. The summed E-state index contributed by atoms with van der Waals surface area (Å²) in [7, 11) is 1.60. The van der Waals surface area contributed by atoms with Crippen LogP contribution in [0, 0.1) is 23.2 Å². The number of urea groups is 1. The molecule has 1 aliphatic carbocycles. The third kappa shape index (κ3) is 4.62. The molecule has 1 rings (SSSR count). The van der Waals surface area contributed by atoms with Crippen LogP contribution in [-0.4, -0.2) is 53.6 Å². The minimum Gasteiger partial charge on any atom is -0.480 e. The van der Waals surface area contributed by atoms with Gasteiger partial charge < -0.3 is 14.9 Å². The topological polar surface area (TPSA) is 84.6 Å². The van der Waals surface area contributed by atoms with E-state index in [9.17, 15) is 9.59 Å². The van der Waals surface area contributed by atoms with Crippen molar-refractivity contribution in [3.8, 4) is 6.07 Å². The van der Waals surface area contributed by atoms with Gasteiger partial charge in [0.15, 0.2) is 0 Å². The van der Waals surface area contributed by atoms with E-state index in [0.29, 0.717) is 19.0 Å². The number of carboxylic acids is 1. The van der Waals surface area contributed by atoms with Crippen LogP contribution in [-0.2, 0) is 4.79 Å². The van der Waals surface area contributed by atoms with Gasteiger partial charge in [0, 0.05) is 20.1 Å². The van der Waals surface area contributed by atoms with Gasteiger partial charge in [-0.2, -0.15) is 5.26 Å². The molecule has 0 heterocycles. The van der Waals surface area contributed by atoms with Crippen LogP contribution in [0.4, 0.5) is 4.79 Å². The highest BCUT2D eigenvalue weighted by molar-refractivity contribution is 5.80. The largest absolute Gasteiger partial charge is 0.480 e. The maximum atomic E-state index is 12.1. The van der Waals surface area contributed by atoms with Crippen molar-refractivity contribution in [2.24, 2.45) is 11.8 Å². The van der Waals surface area contributed by atoms with Gasteiger partial charge in [-0.3, -0.25) is 4.79 Å². The summed E-state index contributed by atoms with van der Waals surface area (Å²) in [6.45, 7) is 2.26. The summed E-state index contributed by atoms with van der Waals surface area (Å²) in [4.78, 5) is 25.6. The second-order valence-electron chi connectivity index (χ2n) is 4.91. The summed E-state index contributed by atoms with van der Waals surface area (Å²) in [6.07, 6.45) is 2.11. The minimum absolute atomic E-state index is 0.258. The van der Waals surface area contributed by atoms with Crippen molar-refractivity contribution in [2.75, 3.05) is 26.7 Å². The lowest BCUT2D eigenvalue weighted by molar-refractivity contribution is -0.137. The van der Waals surface area contributed by atoms with E-state index in [4.69, 9.17) is 10.4 Å². The first-order chi connectivity index (χ1) is 8.43. The maximum absolute atomic E-state index is 12.1. The Balaban J connectivity index is 2.56. The number of nitrogens with zero attached hydrogens (tertiary/aromatic N) is 3. The number of amides is 2. The van der Waals surface area contributed by atoms with E-state index in [-0.39, 0.29) is 18.5 Å². The molecular weight excluding hydrogens is 234 g/mol. The Hall–Kier alpha value is -1.77. The van der Waals surface area contributed by atoms with E-state index in [2.05, 4.69) is 6.07 Å². The Labute approximate surface area is 107 Å². The molecule has 0 aromatic carbocycles. The van der Waals surface area contributed by atoms with Gasteiger partial charge in [-0.15, -0.1) is 0 Å². The molecule has 0 aliphatic heterocycles. The Morgan fingerprint density at radius 3 is 2.56 bits per heavy atom. The molecular formula is C12H19N3O3. The van der Waals surface area contributed by atoms with Crippen molar-refractivity contribution in [3.63, 3.8) is 0 Å². The molecule has 0 saturated heterocycles. The molecule has 2 amide bonds. The summed E-state index contributed by atoms with van der Waals surface area (Å²) in [5, 5.41) is 17.5. The third-order valence-electron chi connectivity index (χ3n) is 2.87. The van der Waals surface area contributed by atoms with Gasteiger partial charge in [0.1, 0.15) is 6.54 Å². The van der Waals surface area contributed by atoms with Crippen molar-refractivity contribution in [3.05, 3.63) is 0 Å². The molecule has 0 bridgehead atoms. The lowest BCUT2D eigenvalue weighted by Gasteiger charge is -2.27. The lowest BCUT2D eigenvalue weighted by Crippen LogP contribution is -2.45. The zero-order valence-electron chi connectivity index (χ0n) is 10.8. The molecule has 1 fully saturated rings. The molecule has 0 radical (unpaired) electrons. The van der Waals surface area contributed by atoms with Gasteiger partial charge in [-0.05, 0) is 25.7 Å². The van der Waals surface area contributed by atoms with E-state index in [1.165, 1.54) is 9.80 Å². The molecule has 1 saturated carbocycles. The van der Waals surface area contributed by atoms with Crippen LogP contribution in [0.3, 0.4) is 0 Å². The van der Waals surface area contributed by atoms with Crippen LogP contribution >= 0.6 is 0 Å². The molecule has 18 heavy (non-hydrogen) atoms. The molecule has 1 aliphatic rings. The van der Waals surface area contributed by atoms with E-state index < -0.39 is 5.97 Å². The monoisotopic (exact) mass is 253 g/mol. The fourth-order valence-corrected chi connectivity index (χ4v) is 1.76. The van der Waals surface area contributed by atoms with Gasteiger partial charge in [0.05, 0.1) is 12.0 Å². The SMILES string of the molecule is CC(C#N)CN(C)C(=O)N(CC(=O)O)CC1CC1. The van der Waals surface area contributed by atoms with E-state index in [1.807, 2.05) is 0 Å². The highest BCUT2D eigenvalue weighted by Crippen LogP contribution is 2.29. The zero-order chi connectivity index (χ0) is 13.7. The molecule has 100 valence electrons. The van der Waals surface area contributed by atoms with Gasteiger partial charge in [0.25, 0.3) is 0 Å². The van der Waals surface area contributed by atoms with Crippen molar-refractivity contribution >= 4 is 12.0 Å². The molecule has 0 spiro atoms. The Morgan fingerprint density at radius 2 is 2.11 bits per heavy atom. The highest BCUT2D eigenvalue weighted by Gasteiger charge is 2.29. The number of hydrogen-bond donors (Lipinski definition) is 1. The van der Waals surface area contributed by atoms with Crippen LogP contribution < -0.4 is 0 Å². The number of carbonyl (C=O) groups excluding carboxylic acids is 1. The first-order valence-corrected chi connectivity index (χ1v) is 6.05. The molecule has 0 aromatic rings. The van der Waals surface area contributed by atoms with E-state index >= 15 is 0 Å². The lowest BCUT2D eigenvalue weighted by atomic mass is 10.2. The number of nitriles is 1. The molecule has 6 heteroatoms. The summed E-state index contributed by atoms with van der Waals surface area (Å²) in [6, 6.07) is 1.74. The first-order valence-electron chi connectivity index (χ1n) is 6.05. The third-order valence-corrected chi connectivity index (χ3v) is 2.87. The van der Waals surface area contributed by atoms with Crippen LogP contribution in [0.5, 0.6) is 0 Å². The van der Waals surface area contributed by atoms with E-state index in [1.54, 1.807) is 14.0 Å². The zero-order valence-corrected chi connectivity index (χ0v) is 10.8. The Bertz CT molecular complexity index is 360. The van der Waals surface area contributed by atoms with E-state index in [0.717, 1.165) is 12.8 Å². The fraction of sp³-hybridized carbons (Fsp3) is 0.750. The second-order valence-corrected chi connectivity index (χ2v) is 4.91. The predicted octanol–water partition coefficient (Wildman–Crippen LogP) is 0.994. The Morgan fingerprint density at radius 1 is 1.50 bits per heavy atom. The molecule has 1 N–H and O–H groups in total. The molecule has 0 aromatic heterocycles. The maximum Gasteiger partial charge on any atom is 0.323 e. The molecule has 1 unspecified atom stereocenters. The van der Waals surface area contributed by atoms with Crippen LogP contribution in [0.1, 0.15) is 19.8 Å². The quantitative estimate of drug-likeness (QED) is 0.765. The standard InChI is InChI=1S/C12H19N3O3/c1-9(5-13)6-14(2)12(18)15(8-11(16)17)7-10-3-4-10/h9-10H,3-4,6-8H2,1-2H3,(H,16,17). The smallest absolute Gasteiger partial charge is 0.323 e. The van der Waals surface area contributed by atoms with Crippen LogP contribution in [0.15, 0.2) is 0 Å². The summed E-state index contributed by atoms with van der Waals surface area (Å²) in [5.74, 6) is -0.827. The molecule has 6 nitrogen and oxygen atoms in total. The number of aliphatic carboxylic acids is 1. The highest BCUT2D eigenvalue weighted by atomic mass is 16.4. The van der Waals surface area contributed by atoms with Gasteiger partial charge in [-0.25, -0.2) is 4.79 Å². The van der Waals surface area contributed by atoms with Crippen LogP contribution in [0.25, 0.3) is 0 Å². The Kier molecular flexibility index (Phi) is 4.95. The average molecular weight is 253 g/mol. The summed E-state index contributed by atoms with van der Waals surface area (Å²) < 4.78 is 0. The van der Waals surface area contributed by atoms with Gasteiger partial charge in [-0.1, -0.05) is 0 Å². The fourth-order valence-electron chi connectivity index (χ4n) is 1.76. The van der Waals surface area contributed by atoms with Gasteiger partial charge >= 0.3 is 12.0 Å². The van der Waals surface area contributed by atoms with Gasteiger partial charge in [0.2, 0.25) is 0 Å². The van der Waals surface area contributed by atoms with Crippen molar-refractivity contribution in [2.45, 2.75) is 19.8 Å².